The standard InChI is InChI=1S/C14H21NOS/c1-3-6-15-8-12-7-11(2)4-5-14(12)17-13-9-16-10-13/h4-5,7,13,15H,3,6,8-10H2,1-2H3. The van der Waals surface area contributed by atoms with E-state index in [9.17, 15) is 0 Å². The van der Waals surface area contributed by atoms with Crippen LogP contribution in [0.3, 0.4) is 0 Å². The first kappa shape index (κ1) is 12.9. The van der Waals surface area contributed by atoms with Gasteiger partial charge in [-0.3, -0.25) is 0 Å². The first-order chi connectivity index (χ1) is 8.29. The second kappa shape index (κ2) is 6.43. The second-order valence-electron chi connectivity index (χ2n) is 4.57. The van der Waals surface area contributed by atoms with Crippen molar-refractivity contribution in [2.75, 3.05) is 19.8 Å². The van der Waals surface area contributed by atoms with E-state index < -0.39 is 0 Å². The maximum atomic E-state index is 5.23. The molecule has 1 N–H and O–H groups in total. The molecule has 94 valence electrons. The summed E-state index contributed by atoms with van der Waals surface area (Å²) >= 11 is 1.96. The van der Waals surface area contributed by atoms with Crippen LogP contribution in [0, 0.1) is 6.92 Å². The van der Waals surface area contributed by atoms with Gasteiger partial charge < -0.3 is 10.1 Å². The van der Waals surface area contributed by atoms with Crippen molar-refractivity contribution < 1.29 is 4.74 Å². The lowest BCUT2D eigenvalue weighted by Gasteiger charge is -2.26. The van der Waals surface area contributed by atoms with Crippen LogP contribution in [0.2, 0.25) is 0 Å². The Morgan fingerprint density at radius 1 is 1.41 bits per heavy atom. The average molecular weight is 251 g/mol. The van der Waals surface area contributed by atoms with Crippen LogP contribution >= 0.6 is 11.8 Å². The van der Waals surface area contributed by atoms with Crippen molar-refractivity contribution in [3.63, 3.8) is 0 Å². The first-order valence-corrected chi connectivity index (χ1v) is 7.22. The molecule has 1 saturated heterocycles. The number of aryl methyl sites for hydroxylation is 1. The van der Waals surface area contributed by atoms with Gasteiger partial charge in [0.05, 0.1) is 18.5 Å². The molecule has 1 fully saturated rings. The van der Waals surface area contributed by atoms with Gasteiger partial charge in [0.2, 0.25) is 0 Å². The molecular weight excluding hydrogens is 230 g/mol. The third kappa shape index (κ3) is 3.73. The van der Waals surface area contributed by atoms with E-state index in [1.165, 1.54) is 22.4 Å². The number of thioether (sulfide) groups is 1. The number of ether oxygens (including phenoxy) is 1. The Morgan fingerprint density at radius 2 is 2.24 bits per heavy atom. The number of rotatable bonds is 6. The summed E-state index contributed by atoms with van der Waals surface area (Å²) in [7, 11) is 0. The predicted molar refractivity (Wildman–Crippen MR) is 73.6 cm³/mol. The van der Waals surface area contributed by atoms with Gasteiger partial charge in [-0.2, -0.15) is 0 Å². The van der Waals surface area contributed by atoms with Crippen LogP contribution in [0.5, 0.6) is 0 Å². The van der Waals surface area contributed by atoms with Crippen LogP contribution in [0.1, 0.15) is 24.5 Å². The van der Waals surface area contributed by atoms with Gasteiger partial charge in [-0.15, -0.1) is 11.8 Å². The zero-order valence-corrected chi connectivity index (χ0v) is 11.5. The van der Waals surface area contributed by atoms with E-state index in [0.717, 1.165) is 26.3 Å². The number of benzene rings is 1. The first-order valence-electron chi connectivity index (χ1n) is 6.34. The molecule has 2 rings (SSSR count). The third-order valence-corrected chi connectivity index (χ3v) is 4.12. The molecule has 1 aliphatic rings. The average Bonchev–Trinajstić information content (AvgIpc) is 2.26. The molecule has 1 aromatic rings. The summed E-state index contributed by atoms with van der Waals surface area (Å²) in [5.41, 5.74) is 2.77. The van der Waals surface area contributed by atoms with Crippen molar-refractivity contribution in [1.82, 2.24) is 5.32 Å². The molecule has 0 bridgehead atoms. The summed E-state index contributed by atoms with van der Waals surface area (Å²) < 4.78 is 5.23. The minimum atomic E-state index is 0.655. The van der Waals surface area contributed by atoms with Crippen molar-refractivity contribution >= 4 is 11.8 Å². The Labute approximate surface area is 108 Å². The van der Waals surface area contributed by atoms with Gasteiger partial charge in [-0.05, 0) is 31.5 Å². The molecule has 0 atom stereocenters. The van der Waals surface area contributed by atoms with E-state index >= 15 is 0 Å². The Bertz CT molecular complexity index is 363. The lowest BCUT2D eigenvalue weighted by molar-refractivity contribution is 0.0455. The maximum Gasteiger partial charge on any atom is 0.0611 e. The molecule has 17 heavy (non-hydrogen) atoms. The molecule has 0 aliphatic carbocycles. The van der Waals surface area contributed by atoms with E-state index in [-0.39, 0.29) is 0 Å². The van der Waals surface area contributed by atoms with Crippen LogP contribution < -0.4 is 5.32 Å². The third-order valence-electron chi connectivity index (χ3n) is 2.86. The molecule has 0 unspecified atom stereocenters. The van der Waals surface area contributed by atoms with Crippen LogP contribution in [0.25, 0.3) is 0 Å². The molecule has 3 heteroatoms. The van der Waals surface area contributed by atoms with E-state index in [4.69, 9.17) is 4.74 Å². The van der Waals surface area contributed by atoms with Gasteiger partial charge in [-0.25, -0.2) is 0 Å². The van der Waals surface area contributed by atoms with Gasteiger partial charge in [0.1, 0.15) is 0 Å². The normalized spacial score (nSPS) is 15.9. The highest BCUT2D eigenvalue weighted by atomic mass is 32.2. The topological polar surface area (TPSA) is 21.3 Å². The highest BCUT2D eigenvalue weighted by molar-refractivity contribution is 8.00. The number of hydrogen-bond donors (Lipinski definition) is 1. The SMILES string of the molecule is CCCNCc1cc(C)ccc1SC1COC1. The largest absolute Gasteiger partial charge is 0.379 e. The van der Waals surface area contributed by atoms with E-state index in [2.05, 4.69) is 37.4 Å². The van der Waals surface area contributed by atoms with Crippen LogP contribution in [0.4, 0.5) is 0 Å². The highest BCUT2D eigenvalue weighted by Crippen LogP contribution is 2.31. The van der Waals surface area contributed by atoms with Gasteiger partial charge in [0.25, 0.3) is 0 Å². The summed E-state index contributed by atoms with van der Waals surface area (Å²) in [5.74, 6) is 0. The van der Waals surface area contributed by atoms with Crippen LogP contribution in [-0.2, 0) is 11.3 Å². The Kier molecular flexibility index (Phi) is 4.89. The van der Waals surface area contributed by atoms with E-state index in [0.29, 0.717) is 5.25 Å². The molecule has 0 amide bonds. The number of hydrogen-bond acceptors (Lipinski definition) is 3. The van der Waals surface area contributed by atoms with Gasteiger partial charge in [-0.1, -0.05) is 24.6 Å². The van der Waals surface area contributed by atoms with E-state index in [1.54, 1.807) is 0 Å². The van der Waals surface area contributed by atoms with Crippen molar-refractivity contribution in [3.8, 4) is 0 Å². The molecule has 1 aliphatic heterocycles. The fourth-order valence-corrected chi connectivity index (χ4v) is 2.94. The molecular formula is C14H21NOS. The number of nitrogens with one attached hydrogen (secondary N) is 1. The molecule has 1 aromatic carbocycles. The molecule has 0 spiro atoms. The quantitative estimate of drug-likeness (QED) is 0.785. The molecule has 0 aromatic heterocycles. The predicted octanol–water partition coefficient (Wildman–Crippen LogP) is 2.99. The molecule has 1 heterocycles. The summed E-state index contributed by atoms with van der Waals surface area (Å²) in [5, 5.41) is 4.14. The Balaban J connectivity index is 2.00. The summed E-state index contributed by atoms with van der Waals surface area (Å²) in [6.45, 7) is 8.23. The zero-order valence-electron chi connectivity index (χ0n) is 10.7. The highest BCUT2D eigenvalue weighted by Gasteiger charge is 2.20. The lowest BCUT2D eigenvalue weighted by Crippen LogP contribution is -2.30. The second-order valence-corrected chi connectivity index (χ2v) is 5.91. The lowest BCUT2D eigenvalue weighted by atomic mass is 10.1. The van der Waals surface area contributed by atoms with Crippen LogP contribution in [-0.4, -0.2) is 25.0 Å². The smallest absolute Gasteiger partial charge is 0.0611 e. The van der Waals surface area contributed by atoms with E-state index in [1.807, 2.05) is 11.8 Å². The Morgan fingerprint density at radius 3 is 2.88 bits per heavy atom. The molecule has 0 radical (unpaired) electrons. The fraction of sp³-hybridized carbons (Fsp3) is 0.571. The summed E-state index contributed by atoms with van der Waals surface area (Å²) in [4.78, 5) is 1.41. The van der Waals surface area contributed by atoms with Crippen molar-refractivity contribution in [3.05, 3.63) is 29.3 Å². The van der Waals surface area contributed by atoms with Crippen LogP contribution in [0.15, 0.2) is 23.1 Å². The zero-order chi connectivity index (χ0) is 12.1. The maximum absolute atomic E-state index is 5.23. The molecule has 2 nitrogen and oxygen atoms in total. The summed E-state index contributed by atoms with van der Waals surface area (Å²) in [6.07, 6.45) is 1.19. The van der Waals surface area contributed by atoms with Crippen molar-refractivity contribution in [2.45, 2.75) is 37.0 Å². The van der Waals surface area contributed by atoms with Crippen molar-refractivity contribution in [1.29, 1.82) is 0 Å². The van der Waals surface area contributed by atoms with Gasteiger partial charge in [0.15, 0.2) is 0 Å². The summed E-state index contributed by atoms with van der Waals surface area (Å²) in [6, 6.07) is 6.75. The van der Waals surface area contributed by atoms with Gasteiger partial charge in [0, 0.05) is 11.4 Å². The monoisotopic (exact) mass is 251 g/mol. The Hall–Kier alpha value is -0.510. The van der Waals surface area contributed by atoms with Gasteiger partial charge >= 0.3 is 0 Å². The molecule has 0 saturated carbocycles. The minimum Gasteiger partial charge on any atom is -0.379 e. The van der Waals surface area contributed by atoms with Crippen molar-refractivity contribution in [2.24, 2.45) is 0 Å². The minimum absolute atomic E-state index is 0.655. The fourth-order valence-electron chi connectivity index (χ4n) is 1.82.